The molecule has 0 saturated heterocycles. The molecule has 0 fully saturated rings. The van der Waals surface area contributed by atoms with Gasteiger partial charge in [0.15, 0.2) is 11.5 Å². The van der Waals surface area contributed by atoms with E-state index in [0.717, 1.165) is 12.8 Å². The molecule has 0 amide bonds. The zero-order chi connectivity index (χ0) is 16.2. The minimum absolute atomic E-state index is 0.223. The lowest BCUT2D eigenvalue weighted by Gasteiger charge is -2.05. The van der Waals surface area contributed by atoms with E-state index in [9.17, 15) is 15.0 Å². The average molecular weight is 308 g/mol. The summed E-state index contributed by atoms with van der Waals surface area (Å²) in [7, 11) is 0. The molecule has 0 saturated carbocycles. The topological polar surface area (TPSA) is 66.8 Å². The Kier molecular flexibility index (Phi) is 9.12. The molecule has 0 spiro atoms. The summed E-state index contributed by atoms with van der Waals surface area (Å²) >= 11 is 0. The number of ether oxygens (including phenoxy) is 1. The van der Waals surface area contributed by atoms with Crippen LogP contribution in [-0.4, -0.2) is 16.2 Å². The number of unbranched alkanes of at least 4 members (excludes halogenated alkanes) is 8. The number of benzene rings is 1. The second-order valence-corrected chi connectivity index (χ2v) is 5.70. The first kappa shape index (κ1) is 18.3. The number of phenolic OH excluding ortho intramolecular Hbond substituents is 2. The van der Waals surface area contributed by atoms with Gasteiger partial charge in [-0.2, -0.15) is 0 Å². The van der Waals surface area contributed by atoms with Crippen LogP contribution >= 0.6 is 0 Å². The fourth-order valence-electron chi connectivity index (χ4n) is 2.33. The Balaban J connectivity index is 2.05. The van der Waals surface area contributed by atoms with Crippen LogP contribution in [0.2, 0.25) is 0 Å². The molecule has 0 aliphatic carbocycles. The molecule has 0 bridgehead atoms. The summed E-state index contributed by atoms with van der Waals surface area (Å²) in [6, 6.07) is 4.00. The van der Waals surface area contributed by atoms with Gasteiger partial charge in [0.2, 0.25) is 0 Å². The molecule has 1 aromatic rings. The summed E-state index contributed by atoms with van der Waals surface area (Å²) in [5, 5.41) is 18.5. The standard InChI is InChI=1S/C18H28O4/c1-2-3-4-5-6-7-8-9-10-11-18(21)22-15-12-13-16(19)17(20)14-15/h12-14,19-20H,2-11H2,1H3. The second-order valence-electron chi connectivity index (χ2n) is 5.70. The highest BCUT2D eigenvalue weighted by molar-refractivity contribution is 5.72. The van der Waals surface area contributed by atoms with E-state index in [1.54, 1.807) is 0 Å². The fourth-order valence-corrected chi connectivity index (χ4v) is 2.33. The number of rotatable bonds is 11. The number of aromatic hydroxyl groups is 2. The van der Waals surface area contributed by atoms with Crippen LogP contribution in [-0.2, 0) is 4.79 Å². The van der Waals surface area contributed by atoms with Gasteiger partial charge in [-0.05, 0) is 18.6 Å². The van der Waals surface area contributed by atoms with Crippen LogP contribution in [0.1, 0.15) is 71.1 Å². The van der Waals surface area contributed by atoms with E-state index in [1.165, 1.54) is 63.1 Å². The van der Waals surface area contributed by atoms with Gasteiger partial charge in [-0.3, -0.25) is 4.79 Å². The zero-order valence-electron chi connectivity index (χ0n) is 13.5. The van der Waals surface area contributed by atoms with Gasteiger partial charge in [0.25, 0.3) is 0 Å². The van der Waals surface area contributed by atoms with Crippen molar-refractivity contribution >= 4 is 5.97 Å². The van der Waals surface area contributed by atoms with Crippen LogP contribution in [0.25, 0.3) is 0 Å². The van der Waals surface area contributed by atoms with Crippen molar-refractivity contribution in [1.82, 2.24) is 0 Å². The molecule has 0 radical (unpaired) electrons. The summed E-state index contributed by atoms with van der Waals surface area (Å²) in [6.07, 6.45) is 11.2. The lowest BCUT2D eigenvalue weighted by Crippen LogP contribution is -2.07. The Morgan fingerprint density at radius 2 is 1.50 bits per heavy atom. The van der Waals surface area contributed by atoms with Gasteiger partial charge in [0.05, 0.1) is 0 Å². The van der Waals surface area contributed by atoms with E-state index in [1.807, 2.05) is 0 Å². The first-order chi connectivity index (χ1) is 10.6. The molecule has 0 aliphatic rings. The number of hydrogen-bond acceptors (Lipinski definition) is 4. The highest BCUT2D eigenvalue weighted by atomic mass is 16.5. The number of hydrogen-bond donors (Lipinski definition) is 2. The van der Waals surface area contributed by atoms with Gasteiger partial charge < -0.3 is 14.9 Å². The van der Waals surface area contributed by atoms with Crippen molar-refractivity contribution in [2.75, 3.05) is 0 Å². The normalized spacial score (nSPS) is 10.6. The summed E-state index contributed by atoms with van der Waals surface area (Å²) < 4.78 is 5.11. The number of phenols is 2. The maximum Gasteiger partial charge on any atom is 0.311 e. The molecule has 22 heavy (non-hydrogen) atoms. The van der Waals surface area contributed by atoms with E-state index in [-0.39, 0.29) is 23.2 Å². The molecule has 1 rings (SSSR count). The molecule has 4 heteroatoms. The molecule has 2 N–H and O–H groups in total. The van der Waals surface area contributed by atoms with Crippen molar-refractivity contribution in [3.05, 3.63) is 18.2 Å². The van der Waals surface area contributed by atoms with Crippen molar-refractivity contribution in [3.63, 3.8) is 0 Å². The Labute approximate surface area is 133 Å². The molecule has 124 valence electrons. The van der Waals surface area contributed by atoms with Crippen LogP contribution in [0.15, 0.2) is 18.2 Å². The van der Waals surface area contributed by atoms with E-state index < -0.39 is 0 Å². The molecule has 1 aromatic carbocycles. The van der Waals surface area contributed by atoms with Crippen LogP contribution < -0.4 is 4.74 Å². The highest BCUT2D eigenvalue weighted by Gasteiger charge is 2.07. The number of carbonyl (C=O) groups excluding carboxylic acids is 1. The minimum Gasteiger partial charge on any atom is -0.504 e. The summed E-state index contributed by atoms with van der Waals surface area (Å²) in [4.78, 5) is 11.6. The Morgan fingerprint density at radius 3 is 2.09 bits per heavy atom. The van der Waals surface area contributed by atoms with Gasteiger partial charge in [-0.1, -0.05) is 58.3 Å². The third kappa shape index (κ3) is 7.91. The predicted molar refractivity (Wildman–Crippen MR) is 87.3 cm³/mol. The van der Waals surface area contributed by atoms with Gasteiger partial charge in [0.1, 0.15) is 5.75 Å². The number of esters is 1. The van der Waals surface area contributed by atoms with Crippen molar-refractivity contribution < 1.29 is 19.7 Å². The lowest BCUT2D eigenvalue weighted by atomic mass is 10.1. The van der Waals surface area contributed by atoms with Crippen molar-refractivity contribution in [2.24, 2.45) is 0 Å². The SMILES string of the molecule is CCCCCCCCCCCC(=O)Oc1ccc(O)c(O)c1. The van der Waals surface area contributed by atoms with E-state index in [4.69, 9.17) is 4.74 Å². The van der Waals surface area contributed by atoms with Gasteiger partial charge >= 0.3 is 5.97 Å². The maximum atomic E-state index is 11.6. The molecule has 0 unspecified atom stereocenters. The first-order valence-corrected chi connectivity index (χ1v) is 8.36. The second kappa shape index (κ2) is 10.9. The highest BCUT2D eigenvalue weighted by Crippen LogP contribution is 2.28. The van der Waals surface area contributed by atoms with Gasteiger partial charge in [-0.25, -0.2) is 0 Å². The monoisotopic (exact) mass is 308 g/mol. The van der Waals surface area contributed by atoms with Crippen LogP contribution in [0.5, 0.6) is 17.2 Å². The fraction of sp³-hybridized carbons (Fsp3) is 0.611. The van der Waals surface area contributed by atoms with Crippen LogP contribution in [0.4, 0.5) is 0 Å². The third-order valence-corrected chi connectivity index (χ3v) is 3.66. The molecule has 0 aliphatic heterocycles. The van der Waals surface area contributed by atoms with E-state index in [2.05, 4.69) is 6.92 Å². The third-order valence-electron chi connectivity index (χ3n) is 3.66. The quantitative estimate of drug-likeness (QED) is 0.263. The Bertz CT molecular complexity index is 443. The summed E-state index contributed by atoms with van der Waals surface area (Å²) in [5.74, 6) is -0.545. The summed E-state index contributed by atoms with van der Waals surface area (Å²) in [5.41, 5.74) is 0. The van der Waals surface area contributed by atoms with Gasteiger partial charge in [-0.15, -0.1) is 0 Å². The number of carbonyl (C=O) groups is 1. The molecule has 0 heterocycles. The molecule has 4 nitrogen and oxygen atoms in total. The summed E-state index contributed by atoms with van der Waals surface area (Å²) in [6.45, 7) is 2.22. The molecular weight excluding hydrogens is 280 g/mol. The Hall–Kier alpha value is -1.71. The van der Waals surface area contributed by atoms with Crippen LogP contribution in [0.3, 0.4) is 0 Å². The van der Waals surface area contributed by atoms with Gasteiger partial charge in [0, 0.05) is 12.5 Å². The molecule has 0 atom stereocenters. The smallest absolute Gasteiger partial charge is 0.311 e. The minimum atomic E-state index is -0.298. The van der Waals surface area contributed by atoms with Crippen molar-refractivity contribution in [3.8, 4) is 17.2 Å². The maximum absolute atomic E-state index is 11.6. The largest absolute Gasteiger partial charge is 0.504 e. The average Bonchev–Trinajstić information content (AvgIpc) is 2.49. The Morgan fingerprint density at radius 1 is 0.909 bits per heavy atom. The predicted octanol–water partition coefficient (Wildman–Crippen LogP) is 4.92. The zero-order valence-corrected chi connectivity index (χ0v) is 13.5. The van der Waals surface area contributed by atoms with Crippen LogP contribution in [0, 0.1) is 0 Å². The van der Waals surface area contributed by atoms with E-state index >= 15 is 0 Å². The van der Waals surface area contributed by atoms with Crippen molar-refractivity contribution in [2.45, 2.75) is 71.1 Å². The first-order valence-electron chi connectivity index (χ1n) is 8.36. The molecule has 0 aromatic heterocycles. The lowest BCUT2D eigenvalue weighted by molar-refractivity contribution is -0.134. The van der Waals surface area contributed by atoms with E-state index in [0.29, 0.717) is 6.42 Å². The van der Waals surface area contributed by atoms with Crippen molar-refractivity contribution in [1.29, 1.82) is 0 Å². The molecular formula is C18H28O4.